The minimum Gasteiger partial charge on any atom is -0.396 e. The van der Waals surface area contributed by atoms with E-state index in [1.54, 1.807) is 7.11 Å². The molecule has 1 atom stereocenters. The zero-order valence-electron chi connectivity index (χ0n) is 7.94. The monoisotopic (exact) mass is 210 g/mol. The average molecular weight is 210 g/mol. The minimum atomic E-state index is -0.451. The lowest BCUT2D eigenvalue weighted by atomic mass is 10.4. The predicted octanol–water partition coefficient (Wildman–Crippen LogP) is -0.264. The maximum absolute atomic E-state index is 9.31. The van der Waals surface area contributed by atoms with Gasteiger partial charge in [-0.15, -0.1) is 0 Å². The number of aliphatic hydroxyl groups is 2. The molecule has 0 saturated heterocycles. The lowest BCUT2D eigenvalue weighted by Gasteiger charge is -2.09. The third-order valence-corrected chi connectivity index (χ3v) is 2.38. The molecule has 0 aliphatic rings. The summed E-state index contributed by atoms with van der Waals surface area (Å²) in [5.74, 6) is 1.27. The van der Waals surface area contributed by atoms with Gasteiger partial charge < -0.3 is 19.7 Å². The molecule has 13 heavy (non-hydrogen) atoms. The fourth-order valence-corrected chi connectivity index (χ4v) is 1.36. The summed E-state index contributed by atoms with van der Waals surface area (Å²) in [4.78, 5) is 0. The Balaban J connectivity index is 3.05. The van der Waals surface area contributed by atoms with Crippen molar-refractivity contribution in [2.24, 2.45) is 0 Å². The summed E-state index contributed by atoms with van der Waals surface area (Å²) >= 11 is 1.51. The van der Waals surface area contributed by atoms with Crippen LogP contribution in [0.15, 0.2) is 0 Å². The van der Waals surface area contributed by atoms with Crippen molar-refractivity contribution in [3.05, 3.63) is 0 Å². The van der Waals surface area contributed by atoms with Crippen molar-refractivity contribution < 1.29 is 19.7 Å². The van der Waals surface area contributed by atoms with Crippen LogP contribution in [0.2, 0.25) is 0 Å². The molecule has 5 heteroatoms. The van der Waals surface area contributed by atoms with Crippen LogP contribution in [-0.4, -0.2) is 61.4 Å². The van der Waals surface area contributed by atoms with Crippen LogP contribution >= 0.6 is 11.8 Å². The van der Waals surface area contributed by atoms with Crippen molar-refractivity contribution in [1.29, 1.82) is 0 Å². The summed E-state index contributed by atoms with van der Waals surface area (Å²) in [5.41, 5.74) is 0. The molecular weight excluding hydrogens is 192 g/mol. The highest BCUT2D eigenvalue weighted by Crippen LogP contribution is 2.02. The van der Waals surface area contributed by atoms with Crippen LogP contribution in [0.1, 0.15) is 0 Å². The maximum Gasteiger partial charge on any atom is 0.0863 e. The minimum absolute atomic E-state index is 0.155. The maximum atomic E-state index is 9.31. The average Bonchev–Trinajstić information content (AvgIpc) is 2.13. The van der Waals surface area contributed by atoms with E-state index in [2.05, 4.69) is 0 Å². The van der Waals surface area contributed by atoms with Crippen LogP contribution in [0.3, 0.4) is 0 Å². The van der Waals surface area contributed by atoms with Gasteiger partial charge in [-0.05, 0) is 0 Å². The molecule has 4 nitrogen and oxygen atoms in total. The highest BCUT2D eigenvalue weighted by atomic mass is 32.2. The second-order valence-electron chi connectivity index (χ2n) is 2.52. The Morgan fingerprint density at radius 1 is 1.38 bits per heavy atom. The van der Waals surface area contributed by atoms with Crippen molar-refractivity contribution >= 4 is 11.8 Å². The number of aliphatic hydroxyl groups excluding tert-OH is 2. The summed E-state index contributed by atoms with van der Waals surface area (Å²) in [6.07, 6.45) is -0.451. The van der Waals surface area contributed by atoms with Gasteiger partial charge in [-0.1, -0.05) is 0 Å². The van der Waals surface area contributed by atoms with E-state index < -0.39 is 6.10 Å². The molecule has 0 bridgehead atoms. The van der Waals surface area contributed by atoms with E-state index in [0.29, 0.717) is 31.3 Å². The first kappa shape index (κ1) is 13.2. The lowest BCUT2D eigenvalue weighted by Crippen LogP contribution is -2.19. The molecule has 0 saturated carbocycles. The summed E-state index contributed by atoms with van der Waals surface area (Å²) in [5, 5.41) is 17.8. The quantitative estimate of drug-likeness (QED) is 0.513. The third-order valence-electron chi connectivity index (χ3n) is 1.29. The fourth-order valence-electron chi connectivity index (χ4n) is 0.694. The van der Waals surface area contributed by atoms with Crippen molar-refractivity contribution in [2.75, 3.05) is 45.0 Å². The van der Waals surface area contributed by atoms with E-state index in [0.717, 1.165) is 0 Å². The number of rotatable bonds is 9. The van der Waals surface area contributed by atoms with Gasteiger partial charge in [0.15, 0.2) is 0 Å². The highest BCUT2D eigenvalue weighted by Gasteiger charge is 2.03. The Morgan fingerprint density at radius 2 is 2.15 bits per heavy atom. The van der Waals surface area contributed by atoms with E-state index >= 15 is 0 Å². The second kappa shape index (κ2) is 10.3. The van der Waals surface area contributed by atoms with Crippen LogP contribution < -0.4 is 0 Å². The molecule has 0 aromatic rings. The zero-order chi connectivity index (χ0) is 9.94. The van der Waals surface area contributed by atoms with E-state index in [9.17, 15) is 5.11 Å². The zero-order valence-corrected chi connectivity index (χ0v) is 8.76. The van der Waals surface area contributed by atoms with Gasteiger partial charge in [0.25, 0.3) is 0 Å². The first-order valence-corrected chi connectivity index (χ1v) is 5.40. The summed E-state index contributed by atoms with van der Waals surface area (Å²) in [6.45, 7) is 1.55. The molecule has 0 aliphatic carbocycles. The van der Waals surface area contributed by atoms with Crippen molar-refractivity contribution in [3.8, 4) is 0 Å². The van der Waals surface area contributed by atoms with E-state index in [1.165, 1.54) is 11.8 Å². The number of hydrogen-bond acceptors (Lipinski definition) is 5. The highest BCUT2D eigenvalue weighted by molar-refractivity contribution is 7.99. The molecule has 0 aromatic heterocycles. The molecule has 2 N–H and O–H groups in total. The Bertz CT molecular complexity index is 102. The summed E-state index contributed by atoms with van der Waals surface area (Å²) < 4.78 is 9.89. The standard InChI is InChI=1S/C8H18O4S/c1-11-3-4-12-6-8(10)7-13-5-2-9/h8-10H,2-7H2,1H3. The lowest BCUT2D eigenvalue weighted by molar-refractivity contribution is 0.0218. The molecule has 0 aromatic carbocycles. The van der Waals surface area contributed by atoms with Crippen LogP contribution in [-0.2, 0) is 9.47 Å². The molecule has 1 unspecified atom stereocenters. The van der Waals surface area contributed by atoms with Gasteiger partial charge in [0.1, 0.15) is 0 Å². The van der Waals surface area contributed by atoms with Crippen LogP contribution in [0.4, 0.5) is 0 Å². The summed E-state index contributed by atoms with van der Waals surface area (Å²) in [7, 11) is 1.61. The molecule has 0 heterocycles. The predicted molar refractivity (Wildman–Crippen MR) is 53.1 cm³/mol. The largest absolute Gasteiger partial charge is 0.396 e. The number of ether oxygens (including phenoxy) is 2. The van der Waals surface area contributed by atoms with E-state index in [-0.39, 0.29) is 6.61 Å². The topological polar surface area (TPSA) is 58.9 Å². The molecular formula is C8H18O4S. The smallest absolute Gasteiger partial charge is 0.0863 e. The second-order valence-corrected chi connectivity index (χ2v) is 3.67. The van der Waals surface area contributed by atoms with Crippen LogP contribution in [0.25, 0.3) is 0 Å². The number of methoxy groups -OCH3 is 1. The van der Waals surface area contributed by atoms with Gasteiger partial charge >= 0.3 is 0 Å². The molecule has 0 aliphatic heterocycles. The summed E-state index contributed by atoms with van der Waals surface area (Å²) in [6, 6.07) is 0. The molecule has 0 rings (SSSR count). The number of hydrogen-bond donors (Lipinski definition) is 2. The normalized spacial score (nSPS) is 13.2. The Morgan fingerprint density at radius 3 is 2.77 bits per heavy atom. The van der Waals surface area contributed by atoms with Crippen LogP contribution in [0.5, 0.6) is 0 Å². The molecule has 0 radical (unpaired) electrons. The van der Waals surface area contributed by atoms with Crippen LogP contribution in [0, 0.1) is 0 Å². The SMILES string of the molecule is COCCOCC(O)CSCCO. The van der Waals surface area contributed by atoms with Gasteiger partial charge in [0, 0.05) is 18.6 Å². The third kappa shape index (κ3) is 10.1. The first-order chi connectivity index (χ1) is 6.31. The van der Waals surface area contributed by atoms with Gasteiger partial charge in [0.2, 0.25) is 0 Å². The Hall–Kier alpha value is 0.190. The first-order valence-electron chi connectivity index (χ1n) is 4.24. The fraction of sp³-hybridized carbons (Fsp3) is 1.00. The van der Waals surface area contributed by atoms with Gasteiger partial charge in [-0.3, -0.25) is 0 Å². The molecule has 0 spiro atoms. The van der Waals surface area contributed by atoms with Gasteiger partial charge in [-0.2, -0.15) is 11.8 Å². The number of thioether (sulfide) groups is 1. The van der Waals surface area contributed by atoms with Crippen molar-refractivity contribution in [2.45, 2.75) is 6.10 Å². The van der Waals surface area contributed by atoms with Crippen molar-refractivity contribution in [1.82, 2.24) is 0 Å². The van der Waals surface area contributed by atoms with Crippen molar-refractivity contribution in [3.63, 3.8) is 0 Å². The van der Waals surface area contributed by atoms with E-state index in [1.807, 2.05) is 0 Å². The van der Waals surface area contributed by atoms with Gasteiger partial charge in [-0.25, -0.2) is 0 Å². The van der Waals surface area contributed by atoms with Gasteiger partial charge in [0.05, 0.1) is 32.5 Å². The molecule has 0 amide bonds. The van der Waals surface area contributed by atoms with E-state index in [4.69, 9.17) is 14.6 Å². The molecule has 80 valence electrons. The Labute approximate surface area is 83.2 Å². The molecule has 0 fully saturated rings. The Kier molecular flexibility index (Phi) is 10.4.